The Morgan fingerprint density at radius 3 is 3.10 bits per heavy atom. The molecule has 0 bridgehead atoms. The van der Waals surface area contributed by atoms with Crippen molar-refractivity contribution in [2.75, 3.05) is 19.6 Å². The van der Waals surface area contributed by atoms with E-state index in [4.69, 9.17) is 0 Å². The molecule has 2 nitrogen and oxygen atoms in total. The van der Waals surface area contributed by atoms with Gasteiger partial charge in [0.2, 0.25) is 0 Å². The zero-order chi connectivity index (χ0) is 13.9. The first kappa shape index (κ1) is 14.6. The van der Waals surface area contributed by atoms with Crippen molar-refractivity contribution in [3.63, 3.8) is 0 Å². The Morgan fingerprint density at radius 1 is 1.35 bits per heavy atom. The van der Waals surface area contributed by atoms with E-state index in [1.54, 1.807) is 10.4 Å². The van der Waals surface area contributed by atoms with E-state index in [9.17, 15) is 0 Å². The zero-order valence-electron chi connectivity index (χ0n) is 12.9. The maximum absolute atomic E-state index is 3.80. The second kappa shape index (κ2) is 6.59. The molecule has 1 saturated carbocycles. The third-order valence-electron chi connectivity index (χ3n) is 5.17. The van der Waals surface area contributed by atoms with E-state index in [1.807, 2.05) is 11.3 Å². The molecule has 20 heavy (non-hydrogen) atoms. The summed E-state index contributed by atoms with van der Waals surface area (Å²) in [7, 11) is 0. The maximum atomic E-state index is 3.80. The molecule has 2 heterocycles. The minimum Gasteiger partial charge on any atom is -0.313 e. The highest BCUT2D eigenvalue weighted by molar-refractivity contribution is 7.10. The molecule has 1 aliphatic carbocycles. The second-order valence-electron chi connectivity index (χ2n) is 6.68. The molecule has 0 saturated heterocycles. The van der Waals surface area contributed by atoms with Gasteiger partial charge in [0, 0.05) is 36.6 Å². The van der Waals surface area contributed by atoms with Crippen molar-refractivity contribution in [2.24, 2.45) is 5.92 Å². The smallest absolute Gasteiger partial charge is 0.0331 e. The van der Waals surface area contributed by atoms with Crippen LogP contribution in [-0.2, 0) is 6.42 Å². The summed E-state index contributed by atoms with van der Waals surface area (Å²) in [6.07, 6.45) is 6.86. The molecule has 0 amide bonds. The van der Waals surface area contributed by atoms with E-state index in [2.05, 4.69) is 35.5 Å². The average molecular weight is 292 g/mol. The van der Waals surface area contributed by atoms with Gasteiger partial charge in [-0.15, -0.1) is 11.3 Å². The molecule has 1 fully saturated rings. The van der Waals surface area contributed by atoms with E-state index in [0.29, 0.717) is 6.04 Å². The van der Waals surface area contributed by atoms with Crippen LogP contribution >= 0.6 is 11.3 Å². The van der Waals surface area contributed by atoms with Crippen molar-refractivity contribution in [1.29, 1.82) is 0 Å². The lowest BCUT2D eigenvalue weighted by Gasteiger charge is -2.34. The van der Waals surface area contributed by atoms with Gasteiger partial charge >= 0.3 is 0 Å². The lowest BCUT2D eigenvalue weighted by molar-refractivity contribution is 0.193. The highest BCUT2D eigenvalue weighted by Gasteiger charge is 2.24. The molecule has 0 spiro atoms. The van der Waals surface area contributed by atoms with Gasteiger partial charge in [-0.05, 0) is 49.1 Å². The van der Waals surface area contributed by atoms with Crippen LogP contribution in [0.15, 0.2) is 11.4 Å². The summed E-state index contributed by atoms with van der Waals surface area (Å²) in [5.74, 6) is 0.920. The van der Waals surface area contributed by atoms with Crippen LogP contribution in [0.2, 0.25) is 0 Å². The molecule has 1 N–H and O–H groups in total. The Morgan fingerprint density at radius 2 is 2.25 bits per heavy atom. The number of nitrogens with zero attached hydrogens (tertiary/aromatic N) is 1. The van der Waals surface area contributed by atoms with Gasteiger partial charge in [-0.2, -0.15) is 0 Å². The molecule has 0 radical (unpaired) electrons. The van der Waals surface area contributed by atoms with Gasteiger partial charge in [0.05, 0.1) is 0 Å². The molecule has 1 aromatic heterocycles. The Hall–Kier alpha value is -0.380. The predicted molar refractivity (Wildman–Crippen MR) is 87.4 cm³/mol. The number of hydrogen-bond acceptors (Lipinski definition) is 3. The number of hydrogen-bond donors (Lipinski definition) is 1. The molecule has 0 aromatic carbocycles. The van der Waals surface area contributed by atoms with Crippen molar-refractivity contribution in [2.45, 2.75) is 58.0 Å². The molecule has 3 rings (SSSR count). The van der Waals surface area contributed by atoms with Crippen molar-refractivity contribution in [3.8, 4) is 0 Å². The average Bonchev–Trinajstić information content (AvgIpc) is 2.91. The largest absolute Gasteiger partial charge is 0.313 e. The number of thiophene rings is 1. The van der Waals surface area contributed by atoms with Gasteiger partial charge in [-0.25, -0.2) is 0 Å². The fourth-order valence-electron chi connectivity index (χ4n) is 3.90. The molecule has 1 aromatic rings. The van der Waals surface area contributed by atoms with Crippen LogP contribution < -0.4 is 5.32 Å². The zero-order valence-corrected chi connectivity index (χ0v) is 13.7. The Bertz CT molecular complexity index is 428. The van der Waals surface area contributed by atoms with E-state index in [-0.39, 0.29) is 0 Å². The summed E-state index contributed by atoms with van der Waals surface area (Å²) >= 11 is 1.94. The lowest BCUT2D eigenvalue weighted by Crippen LogP contribution is -2.41. The fraction of sp³-hybridized carbons (Fsp3) is 0.765. The molecule has 112 valence electrons. The predicted octanol–water partition coefficient (Wildman–Crippen LogP) is 3.84. The van der Waals surface area contributed by atoms with Crippen LogP contribution in [-0.4, -0.2) is 30.6 Å². The topological polar surface area (TPSA) is 15.3 Å². The number of rotatable bonds is 4. The van der Waals surface area contributed by atoms with Crippen LogP contribution in [0.25, 0.3) is 0 Å². The van der Waals surface area contributed by atoms with Crippen LogP contribution in [0, 0.1) is 5.92 Å². The van der Waals surface area contributed by atoms with Gasteiger partial charge in [-0.1, -0.05) is 19.8 Å². The van der Waals surface area contributed by atoms with Crippen molar-refractivity contribution < 1.29 is 0 Å². The summed E-state index contributed by atoms with van der Waals surface area (Å²) in [4.78, 5) is 4.26. The van der Waals surface area contributed by atoms with Crippen LogP contribution in [0.4, 0.5) is 0 Å². The van der Waals surface area contributed by atoms with E-state index < -0.39 is 0 Å². The van der Waals surface area contributed by atoms with Gasteiger partial charge in [0.15, 0.2) is 0 Å². The SMILES string of the molecule is CC1CCCC(NCCN2CCc3sccc3C2C)C1. The molecule has 3 heteroatoms. The Kier molecular flexibility index (Phi) is 4.79. The van der Waals surface area contributed by atoms with Crippen LogP contribution in [0.3, 0.4) is 0 Å². The first-order valence-corrected chi connectivity index (χ1v) is 9.15. The van der Waals surface area contributed by atoms with Crippen molar-refractivity contribution in [3.05, 3.63) is 21.9 Å². The second-order valence-corrected chi connectivity index (χ2v) is 7.68. The van der Waals surface area contributed by atoms with Gasteiger partial charge in [-0.3, -0.25) is 4.90 Å². The van der Waals surface area contributed by atoms with Crippen LogP contribution in [0.5, 0.6) is 0 Å². The van der Waals surface area contributed by atoms with Gasteiger partial charge < -0.3 is 5.32 Å². The third kappa shape index (κ3) is 3.26. The summed E-state index contributed by atoms with van der Waals surface area (Å²) in [6, 6.07) is 3.71. The maximum Gasteiger partial charge on any atom is 0.0331 e. The lowest BCUT2D eigenvalue weighted by atomic mass is 9.87. The first-order chi connectivity index (χ1) is 9.74. The Balaban J connectivity index is 1.45. The molecule has 2 aliphatic rings. The molecule has 3 unspecified atom stereocenters. The summed E-state index contributed by atoms with van der Waals surface area (Å²) in [6.45, 7) is 8.35. The standard InChI is InChI=1S/C17H28N2S/c1-13-4-3-5-15(12-13)18-8-10-19-9-6-17-16(14(19)2)7-11-20-17/h7,11,13-15,18H,3-6,8-10,12H2,1-2H3. The van der Waals surface area contributed by atoms with Crippen molar-refractivity contribution in [1.82, 2.24) is 10.2 Å². The normalized spacial score (nSPS) is 31.2. The minimum absolute atomic E-state index is 0.608. The number of fused-ring (bicyclic) bond motifs is 1. The summed E-state index contributed by atoms with van der Waals surface area (Å²) in [5.41, 5.74) is 1.58. The highest BCUT2D eigenvalue weighted by Crippen LogP contribution is 2.32. The van der Waals surface area contributed by atoms with E-state index >= 15 is 0 Å². The minimum atomic E-state index is 0.608. The number of nitrogens with one attached hydrogen (secondary N) is 1. The third-order valence-corrected chi connectivity index (χ3v) is 6.17. The Labute approximate surface area is 127 Å². The van der Waals surface area contributed by atoms with Gasteiger partial charge in [0.1, 0.15) is 0 Å². The monoisotopic (exact) mass is 292 g/mol. The summed E-state index contributed by atoms with van der Waals surface area (Å²) < 4.78 is 0. The fourth-order valence-corrected chi connectivity index (χ4v) is 4.86. The van der Waals surface area contributed by atoms with Crippen LogP contribution in [0.1, 0.15) is 56.0 Å². The quantitative estimate of drug-likeness (QED) is 0.907. The van der Waals surface area contributed by atoms with Crippen molar-refractivity contribution >= 4 is 11.3 Å². The molecule has 1 aliphatic heterocycles. The molecular formula is C17H28N2S. The highest BCUT2D eigenvalue weighted by atomic mass is 32.1. The molecular weight excluding hydrogens is 264 g/mol. The first-order valence-electron chi connectivity index (χ1n) is 8.27. The molecule has 3 atom stereocenters. The summed E-state index contributed by atoms with van der Waals surface area (Å²) in [5, 5.41) is 6.05. The van der Waals surface area contributed by atoms with E-state index in [0.717, 1.165) is 18.5 Å². The van der Waals surface area contributed by atoms with Gasteiger partial charge in [0.25, 0.3) is 0 Å². The van der Waals surface area contributed by atoms with E-state index in [1.165, 1.54) is 45.2 Å².